The van der Waals surface area contributed by atoms with Crippen LogP contribution in [-0.2, 0) is 4.74 Å². The highest BCUT2D eigenvalue weighted by molar-refractivity contribution is 4.90. The number of nitrogens with zero attached hydrogens (tertiary/aromatic N) is 1. The van der Waals surface area contributed by atoms with E-state index in [1.54, 1.807) is 0 Å². The molecule has 3 nitrogen and oxygen atoms in total. The predicted molar refractivity (Wildman–Crippen MR) is 68.5 cm³/mol. The SMILES string of the molecule is CCN(CC1CCOC1)C(CC)(CC)CN. The highest BCUT2D eigenvalue weighted by Crippen LogP contribution is 2.25. The summed E-state index contributed by atoms with van der Waals surface area (Å²) in [7, 11) is 0. The van der Waals surface area contributed by atoms with Crippen LogP contribution in [-0.4, -0.2) is 43.3 Å². The van der Waals surface area contributed by atoms with Gasteiger partial charge in [0.05, 0.1) is 6.61 Å². The molecule has 1 unspecified atom stereocenters. The maximum atomic E-state index is 6.01. The number of hydrogen-bond acceptors (Lipinski definition) is 3. The summed E-state index contributed by atoms with van der Waals surface area (Å²) >= 11 is 0. The van der Waals surface area contributed by atoms with Crippen LogP contribution in [0.5, 0.6) is 0 Å². The third-order valence-corrected chi connectivity index (χ3v) is 4.25. The van der Waals surface area contributed by atoms with Gasteiger partial charge in [-0.1, -0.05) is 20.8 Å². The molecule has 0 aliphatic carbocycles. The Kier molecular flexibility index (Phi) is 5.73. The Labute approximate surface area is 100 Å². The minimum absolute atomic E-state index is 0.206. The molecule has 1 fully saturated rings. The predicted octanol–water partition coefficient (Wildman–Crippen LogP) is 1.86. The fourth-order valence-corrected chi connectivity index (χ4v) is 2.81. The Morgan fingerprint density at radius 2 is 2.00 bits per heavy atom. The van der Waals surface area contributed by atoms with Crippen molar-refractivity contribution in [3.05, 3.63) is 0 Å². The van der Waals surface area contributed by atoms with Crippen molar-refractivity contribution < 1.29 is 4.74 Å². The molecule has 0 spiro atoms. The average Bonchev–Trinajstić information content (AvgIpc) is 2.83. The smallest absolute Gasteiger partial charge is 0.0507 e. The minimum atomic E-state index is 0.206. The number of rotatable bonds is 7. The molecule has 0 aromatic heterocycles. The lowest BCUT2D eigenvalue weighted by Gasteiger charge is -2.43. The summed E-state index contributed by atoms with van der Waals surface area (Å²) in [6.07, 6.45) is 3.49. The second-order valence-corrected chi connectivity index (χ2v) is 4.90. The largest absolute Gasteiger partial charge is 0.381 e. The Bertz CT molecular complexity index is 178. The van der Waals surface area contributed by atoms with Gasteiger partial charge in [0.15, 0.2) is 0 Å². The first-order valence-corrected chi connectivity index (χ1v) is 6.75. The quantitative estimate of drug-likeness (QED) is 0.723. The van der Waals surface area contributed by atoms with Gasteiger partial charge in [-0.2, -0.15) is 0 Å². The third-order valence-electron chi connectivity index (χ3n) is 4.25. The summed E-state index contributed by atoms with van der Waals surface area (Å²) in [4.78, 5) is 2.58. The topological polar surface area (TPSA) is 38.5 Å². The molecule has 0 aromatic rings. The second-order valence-electron chi connectivity index (χ2n) is 4.90. The van der Waals surface area contributed by atoms with Crippen LogP contribution < -0.4 is 5.73 Å². The molecule has 1 heterocycles. The normalized spacial score (nSPS) is 21.9. The standard InChI is InChI=1S/C13H28N2O/c1-4-13(5-2,11-14)15(6-3)9-12-7-8-16-10-12/h12H,4-11,14H2,1-3H3. The van der Waals surface area contributed by atoms with Gasteiger partial charge in [0, 0.05) is 25.2 Å². The Hall–Kier alpha value is -0.120. The average molecular weight is 228 g/mol. The lowest BCUT2D eigenvalue weighted by molar-refractivity contribution is 0.0688. The van der Waals surface area contributed by atoms with Crippen LogP contribution in [0.2, 0.25) is 0 Å². The molecule has 1 aliphatic heterocycles. The van der Waals surface area contributed by atoms with Crippen LogP contribution in [0.15, 0.2) is 0 Å². The first kappa shape index (κ1) is 13.9. The lowest BCUT2D eigenvalue weighted by atomic mass is 9.89. The van der Waals surface area contributed by atoms with Crippen LogP contribution in [0.1, 0.15) is 40.0 Å². The van der Waals surface area contributed by atoms with Gasteiger partial charge in [-0.05, 0) is 31.7 Å². The molecule has 0 bridgehead atoms. The maximum Gasteiger partial charge on any atom is 0.0507 e. The third kappa shape index (κ3) is 2.96. The fourth-order valence-electron chi connectivity index (χ4n) is 2.81. The summed E-state index contributed by atoms with van der Waals surface area (Å²) in [6.45, 7) is 11.6. The molecule has 16 heavy (non-hydrogen) atoms. The first-order valence-electron chi connectivity index (χ1n) is 6.75. The van der Waals surface area contributed by atoms with E-state index in [0.29, 0.717) is 5.92 Å². The molecular weight excluding hydrogens is 200 g/mol. The van der Waals surface area contributed by atoms with E-state index in [2.05, 4.69) is 25.7 Å². The number of nitrogens with two attached hydrogens (primary N) is 1. The van der Waals surface area contributed by atoms with E-state index in [0.717, 1.165) is 45.7 Å². The molecule has 1 saturated heterocycles. The number of likely N-dealkylation sites (N-methyl/N-ethyl adjacent to an activating group) is 1. The first-order chi connectivity index (χ1) is 7.72. The molecule has 0 amide bonds. The van der Waals surface area contributed by atoms with Crippen LogP contribution >= 0.6 is 0 Å². The minimum Gasteiger partial charge on any atom is -0.381 e. The molecule has 0 radical (unpaired) electrons. The van der Waals surface area contributed by atoms with Crippen molar-refractivity contribution >= 4 is 0 Å². The van der Waals surface area contributed by atoms with Gasteiger partial charge in [-0.25, -0.2) is 0 Å². The van der Waals surface area contributed by atoms with Gasteiger partial charge in [0.25, 0.3) is 0 Å². The molecule has 1 aliphatic rings. The zero-order valence-corrected chi connectivity index (χ0v) is 11.2. The van der Waals surface area contributed by atoms with Gasteiger partial charge in [0.1, 0.15) is 0 Å². The lowest BCUT2D eigenvalue weighted by Crippen LogP contribution is -2.54. The van der Waals surface area contributed by atoms with E-state index < -0.39 is 0 Å². The second kappa shape index (κ2) is 6.58. The van der Waals surface area contributed by atoms with Crippen molar-refractivity contribution in [3.8, 4) is 0 Å². The van der Waals surface area contributed by atoms with Gasteiger partial charge in [-0.15, -0.1) is 0 Å². The van der Waals surface area contributed by atoms with E-state index in [1.807, 2.05) is 0 Å². The van der Waals surface area contributed by atoms with Gasteiger partial charge >= 0.3 is 0 Å². The van der Waals surface area contributed by atoms with Gasteiger partial charge < -0.3 is 10.5 Å². The van der Waals surface area contributed by atoms with Gasteiger partial charge in [0.2, 0.25) is 0 Å². The monoisotopic (exact) mass is 228 g/mol. The van der Waals surface area contributed by atoms with E-state index in [9.17, 15) is 0 Å². The zero-order chi connectivity index (χ0) is 12.0. The summed E-state index contributed by atoms with van der Waals surface area (Å²) < 4.78 is 5.46. The van der Waals surface area contributed by atoms with Crippen molar-refractivity contribution in [2.24, 2.45) is 11.7 Å². The van der Waals surface area contributed by atoms with Crippen LogP contribution in [0.4, 0.5) is 0 Å². The van der Waals surface area contributed by atoms with Crippen molar-refractivity contribution in [2.75, 3.05) is 32.8 Å². The molecule has 0 aromatic carbocycles. The molecular formula is C13H28N2O. The highest BCUT2D eigenvalue weighted by atomic mass is 16.5. The molecule has 3 heteroatoms. The number of ether oxygens (including phenoxy) is 1. The molecule has 1 atom stereocenters. The summed E-state index contributed by atoms with van der Waals surface area (Å²) in [6, 6.07) is 0. The van der Waals surface area contributed by atoms with Crippen LogP contribution in [0.25, 0.3) is 0 Å². The zero-order valence-electron chi connectivity index (χ0n) is 11.2. The van der Waals surface area contributed by atoms with E-state index >= 15 is 0 Å². The van der Waals surface area contributed by atoms with Gasteiger partial charge in [-0.3, -0.25) is 4.90 Å². The maximum absolute atomic E-state index is 6.01. The van der Waals surface area contributed by atoms with Crippen LogP contribution in [0, 0.1) is 5.92 Å². The van der Waals surface area contributed by atoms with E-state index in [4.69, 9.17) is 10.5 Å². The highest BCUT2D eigenvalue weighted by Gasteiger charge is 2.33. The van der Waals surface area contributed by atoms with Crippen molar-refractivity contribution in [2.45, 2.75) is 45.6 Å². The fraction of sp³-hybridized carbons (Fsp3) is 1.00. The van der Waals surface area contributed by atoms with E-state index in [-0.39, 0.29) is 5.54 Å². The molecule has 0 saturated carbocycles. The summed E-state index contributed by atoms with van der Waals surface area (Å²) in [5.41, 5.74) is 6.21. The van der Waals surface area contributed by atoms with E-state index in [1.165, 1.54) is 6.42 Å². The molecule has 2 N–H and O–H groups in total. The van der Waals surface area contributed by atoms with Crippen LogP contribution in [0.3, 0.4) is 0 Å². The molecule has 96 valence electrons. The summed E-state index contributed by atoms with van der Waals surface area (Å²) in [5.74, 6) is 0.712. The summed E-state index contributed by atoms with van der Waals surface area (Å²) in [5, 5.41) is 0. The Morgan fingerprint density at radius 1 is 1.31 bits per heavy atom. The number of hydrogen-bond donors (Lipinski definition) is 1. The Balaban J connectivity index is 2.61. The van der Waals surface area contributed by atoms with Crippen molar-refractivity contribution in [1.29, 1.82) is 0 Å². The Morgan fingerprint density at radius 3 is 2.38 bits per heavy atom. The van der Waals surface area contributed by atoms with Crippen molar-refractivity contribution in [3.63, 3.8) is 0 Å². The molecule has 1 rings (SSSR count). The van der Waals surface area contributed by atoms with Crippen molar-refractivity contribution in [1.82, 2.24) is 4.90 Å².